The maximum absolute atomic E-state index is 10.7. The largest absolute Gasteiger partial charge is 0.486 e. The Hall–Kier alpha value is -2.42. The number of benzene rings is 3. The van der Waals surface area contributed by atoms with E-state index in [1.165, 1.54) is 12.1 Å². The smallest absolute Gasteiger partial charge is 0.269 e. The fourth-order valence-corrected chi connectivity index (χ4v) is 3.62. The highest BCUT2D eigenvalue weighted by Gasteiger charge is 2.09. The molecule has 29 heavy (non-hydrogen) atoms. The molecule has 1 N–H and O–H groups in total. The summed E-state index contributed by atoms with van der Waals surface area (Å²) < 4.78 is 7.56. The number of nitrogens with one attached hydrogen (secondary N) is 1. The average molecular weight is 540 g/mol. The first-order chi connectivity index (χ1) is 13.9. The molecular weight excluding hydrogens is 525 g/mol. The van der Waals surface area contributed by atoms with Gasteiger partial charge in [0.15, 0.2) is 5.75 Å². The molecule has 0 aliphatic heterocycles. The van der Waals surface area contributed by atoms with Crippen molar-refractivity contribution in [2.75, 3.05) is 5.43 Å². The Morgan fingerprint density at radius 1 is 1.10 bits per heavy atom. The number of halogens is 3. The van der Waals surface area contributed by atoms with E-state index < -0.39 is 4.92 Å². The van der Waals surface area contributed by atoms with Gasteiger partial charge in [0, 0.05) is 16.6 Å². The molecule has 6 nitrogen and oxygen atoms in total. The minimum Gasteiger partial charge on any atom is -0.486 e. The van der Waals surface area contributed by atoms with Crippen molar-refractivity contribution < 1.29 is 9.66 Å². The van der Waals surface area contributed by atoms with E-state index >= 15 is 0 Å². The lowest BCUT2D eigenvalue weighted by molar-refractivity contribution is -0.384. The van der Waals surface area contributed by atoms with E-state index in [9.17, 15) is 10.1 Å². The fourth-order valence-electron chi connectivity index (χ4n) is 2.37. The highest BCUT2D eigenvalue weighted by molar-refractivity contribution is 9.10. The van der Waals surface area contributed by atoms with Gasteiger partial charge in [0.2, 0.25) is 0 Å². The number of ether oxygens (including phenoxy) is 1. The van der Waals surface area contributed by atoms with Crippen molar-refractivity contribution in [3.63, 3.8) is 0 Å². The summed E-state index contributed by atoms with van der Waals surface area (Å²) in [4.78, 5) is 10.2. The van der Waals surface area contributed by atoms with Crippen molar-refractivity contribution in [3.05, 3.63) is 95.9 Å². The van der Waals surface area contributed by atoms with Crippen LogP contribution in [0.4, 0.5) is 11.4 Å². The second kappa shape index (κ2) is 9.87. The van der Waals surface area contributed by atoms with Gasteiger partial charge in [0.25, 0.3) is 5.69 Å². The van der Waals surface area contributed by atoms with Crippen LogP contribution in [0.3, 0.4) is 0 Å². The van der Waals surface area contributed by atoms with Crippen molar-refractivity contribution in [1.29, 1.82) is 0 Å². The minimum absolute atomic E-state index is 0.0222. The van der Waals surface area contributed by atoms with E-state index in [1.807, 2.05) is 30.3 Å². The molecule has 0 saturated heterocycles. The number of nitro groups is 1. The van der Waals surface area contributed by atoms with Gasteiger partial charge in [-0.2, -0.15) is 5.10 Å². The first-order valence-electron chi connectivity index (χ1n) is 8.32. The van der Waals surface area contributed by atoms with Crippen LogP contribution in [0, 0.1) is 10.1 Å². The zero-order chi connectivity index (χ0) is 20.8. The minimum atomic E-state index is -0.451. The van der Waals surface area contributed by atoms with Gasteiger partial charge in [-0.15, -0.1) is 0 Å². The Morgan fingerprint density at radius 3 is 2.41 bits per heavy atom. The van der Waals surface area contributed by atoms with E-state index in [1.54, 1.807) is 24.4 Å². The number of hydrazone groups is 1. The molecule has 0 aliphatic carbocycles. The molecule has 0 radical (unpaired) electrons. The van der Waals surface area contributed by atoms with Crippen LogP contribution in [0.5, 0.6) is 5.75 Å². The summed E-state index contributed by atoms with van der Waals surface area (Å²) in [6.45, 7) is 0.390. The van der Waals surface area contributed by atoms with E-state index in [0.717, 1.165) is 15.6 Å². The highest BCUT2D eigenvalue weighted by atomic mass is 79.9. The van der Waals surface area contributed by atoms with Crippen LogP contribution < -0.4 is 10.2 Å². The summed E-state index contributed by atoms with van der Waals surface area (Å²) in [5.74, 6) is 0.551. The summed E-state index contributed by atoms with van der Waals surface area (Å²) >= 11 is 13.2. The van der Waals surface area contributed by atoms with Gasteiger partial charge in [0.1, 0.15) is 6.61 Å². The van der Waals surface area contributed by atoms with E-state index in [-0.39, 0.29) is 5.69 Å². The van der Waals surface area contributed by atoms with Crippen LogP contribution in [-0.2, 0) is 6.61 Å². The predicted octanol–water partition coefficient (Wildman–Crippen LogP) is 6.80. The van der Waals surface area contributed by atoms with Crippen LogP contribution in [-0.4, -0.2) is 11.1 Å². The summed E-state index contributed by atoms with van der Waals surface area (Å²) in [5, 5.41) is 15.3. The number of hydrogen-bond acceptors (Lipinski definition) is 5. The lowest BCUT2D eigenvalue weighted by Crippen LogP contribution is -1.98. The average Bonchev–Trinajstić information content (AvgIpc) is 2.69. The Kier molecular flexibility index (Phi) is 7.24. The zero-order valence-corrected chi connectivity index (χ0v) is 18.7. The number of hydrogen-bond donors (Lipinski definition) is 1. The number of nitro benzene ring substituents is 1. The van der Waals surface area contributed by atoms with Gasteiger partial charge in [-0.3, -0.25) is 15.5 Å². The summed E-state index contributed by atoms with van der Waals surface area (Å²) in [5.41, 5.74) is 5.25. The van der Waals surface area contributed by atoms with E-state index in [0.29, 0.717) is 27.5 Å². The number of non-ortho nitro benzene ring substituents is 1. The lowest BCUT2D eigenvalue weighted by atomic mass is 10.2. The molecule has 0 aromatic heterocycles. The molecule has 0 atom stereocenters. The Morgan fingerprint density at radius 2 is 1.79 bits per heavy atom. The predicted molar refractivity (Wildman–Crippen MR) is 122 cm³/mol. The van der Waals surface area contributed by atoms with E-state index in [4.69, 9.17) is 16.3 Å². The van der Waals surface area contributed by atoms with Gasteiger partial charge in [0.05, 0.1) is 26.3 Å². The highest BCUT2D eigenvalue weighted by Crippen LogP contribution is 2.34. The first kappa shape index (κ1) is 21.3. The zero-order valence-electron chi connectivity index (χ0n) is 14.8. The monoisotopic (exact) mass is 537 g/mol. The number of rotatable bonds is 7. The molecule has 3 aromatic rings. The molecule has 148 valence electrons. The van der Waals surface area contributed by atoms with Crippen LogP contribution in [0.2, 0.25) is 5.02 Å². The molecule has 0 saturated carbocycles. The van der Waals surface area contributed by atoms with Gasteiger partial charge < -0.3 is 4.74 Å². The summed E-state index contributed by atoms with van der Waals surface area (Å²) in [7, 11) is 0. The molecule has 0 bridgehead atoms. The van der Waals surface area contributed by atoms with Gasteiger partial charge >= 0.3 is 0 Å². The molecule has 3 rings (SSSR count). The number of anilines is 1. The van der Waals surface area contributed by atoms with Gasteiger partial charge in [-0.1, -0.05) is 39.7 Å². The fraction of sp³-hybridized carbons (Fsp3) is 0.0500. The molecular formula is C20H14Br2ClN3O3. The third-order valence-electron chi connectivity index (χ3n) is 3.80. The third-order valence-corrected chi connectivity index (χ3v) is 5.20. The van der Waals surface area contributed by atoms with Crippen molar-refractivity contribution >= 4 is 61.1 Å². The third kappa shape index (κ3) is 6.03. The quantitative estimate of drug-likeness (QED) is 0.204. The molecule has 3 aromatic carbocycles. The van der Waals surface area contributed by atoms with Crippen molar-refractivity contribution in [2.24, 2.45) is 5.10 Å². The van der Waals surface area contributed by atoms with Crippen molar-refractivity contribution in [1.82, 2.24) is 0 Å². The Bertz CT molecular complexity index is 1020. The summed E-state index contributed by atoms with van der Waals surface area (Å²) in [6.07, 6.45) is 1.59. The topological polar surface area (TPSA) is 76.8 Å². The Labute approximate surface area is 188 Å². The van der Waals surface area contributed by atoms with Gasteiger partial charge in [-0.05, 0) is 63.5 Å². The van der Waals surface area contributed by atoms with Gasteiger partial charge in [-0.25, -0.2) is 0 Å². The van der Waals surface area contributed by atoms with E-state index in [2.05, 4.69) is 42.4 Å². The van der Waals surface area contributed by atoms with Crippen molar-refractivity contribution in [3.8, 4) is 5.75 Å². The Balaban J connectivity index is 1.64. The molecule has 0 spiro atoms. The molecule has 9 heteroatoms. The van der Waals surface area contributed by atoms with Crippen LogP contribution in [0.1, 0.15) is 11.1 Å². The molecule has 0 unspecified atom stereocenters. The second-order valence-corrected chi connectivity index (χ2v) is 8.08. The number of nitrogens with zero attached hydrogens (tertiary/aromatic N) is 2. The summed E-state index contributed by atoms with van der Waals surface area (Å²) in [6, 6.07) is 17.4. The maximum atomic E-state index is 10.7. The van der Waals surface area contributed by atoms with Crippen LogP contribution in [0.25, 0.3) is 0 Å². The van der Waals surface area contributed by atoms with Crippen LogP contribution >= 0.6 is 43.5 Å². The molecule has 0 amide bonds. The first-order valence-corrected chi connectivity index (χ1v) is 10.3. The maximum Gasteiger partial charge on any atom is 0.269 e. The molecule has 0 heterocycles. The van der Waals surface area contributed by atoms with Crippen molar-refractivity contribution in [2.45, 2.75) is 6.61 Å². The molecule has 0 aliphatic rings. The second-order valence-electron chi connectivity index (χ2n) is 5.90. The molecule has 0 fully saturated rings. The lowest BCUT2D eigenvalue weighted by Gasteiger charge is -2.11. The SMILES string of the molecule is O=[N+]([O-])c1ccc(N/N=C/c2cc(Cl)c(OCc3ccc(Br)cc3)c(Br)c2)cc1. The normalized spacial score (nSPS) is 10.9. The standard InChI is InChI=1S/C20H14Br2ClN3O3/c21-15-3-1-13(2-4-15)12-29-20-18(22)9-14(10-19(20)23)11-24-25-16-5-7-17(8-6-16)26(27)28/h1-11,25H,12H2/b24-11+. The van der Waals surface area contributed by atoms with Crippen LogP contribution in [0.15, 0.2) is 74.7 Å².